The third kappa shape index (κ3) is 5.37. The van der Waals surface area contributed by atoms with E-state index in [4.69, 9.17) is 9.15 Å². The number of hydrogen-bond acceptors (Lipinski definition) is 4. The van der Waals surface area contributed by atoms with E-state index in [0.717, 1.165) is 14.5 Å². The molecule has 0 aliphatic rings. The first-order valence-electron chi connectivity index (χ1n) is 6.59. The van der Waals surface area contributed by atoms with Crippen LogP contribution in [-0.4, -0.2) is 18.5 Å². The quantitative estimate of drug-likeness (QED) is 0.553. The monoisotopic (exact) mass is 441 g/mol. The fraction of sp³-hybridized carbons (Fsp3) is 0.125. The molecule has 1 amide bonds. The molecule has 7 heteroatoms. The topological polar surface area (TPSA) is 68.5 Å². The van der Waals surface area contributed by atoms with Crippen molar-refractivity contribution in [1.29, 1.82) is 0 Å². The van der Waals surface area contributed by atoms with Gasteiger partial charge in [0.2, 0.25) is 0 Å². The fourth-order valence-corrected chi connectivity index (χ4v) is 3.33. The Kier molecular flexibility index (Phi) is 6.18. The summed E-state index contributed by atoms with van der Waals surface area (Å²) in [7, 11) is 0. The summed E-state index contributed by atoms with van der Waals surface area (Å²) in [5, 5.41) is 2.68. The number of ether oxygens (including phenoxy) is 1. The lowest BCUT2D eigenvalue weighted by molar-refractivity contribution is -0.142. The van der Waals surface area contributed by atoms with Crippen LogP contribution < -0.4 is 5.32 Å². The predicted molar refractivity (Wildman–Crippen MR) is 93.9 cm³/mol. The van der Waals surface area contributed by atoms with Crippen molar-refractivity contribution in [3.63, 3.8) is 0 Å². The SMILES string of the molecule is Cc1cc(Br)c(NC(=O)COC(=O)/C=C/c2ccco2)c(Br)c1. The van der Waals surface area contributed by atoms with Crippen LogP contribution >= 0.6 is 31.9 Å². The van der Waals surface area contributed by atoms with Crippen molar-refractivity contribution >= 4 is 55.5 Å². The van der Waals surface area contributed by atoms with Gasteiger partial charge in [0.15, 0.2) is 6.61 Å². The van der Waals surface area contributed by atoms with Crippen molar-refractivity contribution in [2.45, 2.75) is 6.92 Å². The summed E-state index contributed by atoms with van der Waals surface area (Å²) in [6.07, 6.45) is 4.16. The third-order valence-corrected chi connectivity index (χ3v) is 3.97. The molecule has 0 spiro atoms. The van der Waals surface area contributed by atoms with Crippen LogP contribution in [0.15, 0.2) is 50.0 Å². The molecule has 0 atom stereocenters. The number of furan rings is 1. The molecule has 1 aromatic carbocycles. The van der Waals surface area contributed by atoms with Crippen LogP contribution in [0.5, 0.6) is 0 Å². The first kappa shape index (κ1) is 17.5. The van der Waals surface area contributed by atoms with Gasteiger partial charge >= 0.3 is 5.97 Å². The van der Waals surface area contributed by atoms with E-state index in [-0.39, 0.29) is 6.61 Å². The molecule has 5 nitrogen and oxygen atoms in total. The van der Waals surface area contributed by atoms with E-state index in [1.165, 1.54) is 18.4 Å². The van der Waals surface area contributed by atoms with Crippen LogP contribution in [0.2, 0.25) is 0 Å². The molecule has 0 fully saturated rings. The molecule has 0 saturated heterocycles. The number of hydrogen-bond donors (Lipinski definition) is 1. The van der Waals surface area contributed by atoms with Gasteiger partial charge in [-0.1, -0.05) is 0 Å². The summed E-state index contributed by atoms with van der Waals surface area (Å²) < 4.78 is 11.4. The van der Waals surface area contributed by atoms with E-state index in [2.05, 4.69) is 37.2 Å². The van der Waals surface area contributed by atoms with E-state index in [9.17, 15) is 9.59 Å². The van der Waals surface area contributed by atoms with E-state index < -0.39 is 11.9 Å². The van der Waals surface area contributed by atoms with Gasteiger partial charge in [-0.05, 0) is 74.7 Å². The van der Waals surface area contributed by atoms with Gasteiger partial charge < -0.3 is 14.5 Å². The molecule has 0 saturated carbocycles. The highest BCUT2D eigenvalue weighted by Gasteiger charge is 2.11. The molecule has 0 radical (unpaired) electrons. The molecule has 120 valence electrons. The second-order valence-electron chi connectivity index (χ2n) is 4.61. The van der Waals surface area contributed by atoms with Gasteiger partial charge in [-0.2, -0.15) is 0 Å². The molecular weight excluding hydrogens is 430 g/mol. The smallest absolute Gasteiger partial charge is 0.331 e. The first-order valence-corrected chi connectivity index (χ1v) is 8.18. The zero-order valence-electron chi connectivity index (χ0n) is 12.1. The zero-order chi connectivity index (χ0) is 16.8. The van der Waals surface area contributed by atoms with Crippen LogP contribution in [0.1, 0.15) is 11.3 Å². The van der Waals surface area contributed by atoms with Gasteiger partial charge in [-0.3, -0.25) is 4.79 Å². The number of aryl methyl sites for hydroxylation is 1. The second kappa shape index (κ2) is 8.12. The van der Waals surface area contributed by atoms with Crippen molar-refractivity contribution in [2.24, 2.45) is 0 Å². The van der Waals surface area contributed by atoms with Crippen molar-refractivity contribution in [3.8, 4) is 0 Å². The van der Waals surface area contributed by atoms with Crippen LogP contribution in [-0.2, 0) is 14.3 Å². The third-order valence-electron chi connectivity index (χ3n) is 2.72. The number of benzene rings is 1. The van der Waals surface area contributed by atoms with Crippen molar-refractivity contribution < 1.29 is 18.7 Å². The van der Waals surface area contributed by atoms with Gasteiger partial charge in [0, 0.05) is 15.0 Å². The van der Waals surface area contributed by atoms with Gasteiger partial charge in [-0.15, -0.1) is 0 Å². The normalized spacial score (nSPS) is 10.7. The average Bonchev–Trinajstić information content (AvgIpc) is 3.00. The molecule has 0 unspecified atom stereocenters. The number of halogens is 2. The standard InChI is InChI=1S/C16H13Br2NO4/c1-10-7-12(17)16(13(18)8-10)19-14(20)9-23-15(21)5-4-11-3-2-6-22-11/h2-8H,9H2,1H3,(H,19,20)/b5-4+. The Morgan fingerprint density at radius 3 is 2.61 bits per heavy atom. The maximum Gasteiger partial charge on any atom is 0.331 e. The molecule has 1 aromatic heterocycles. The van der Waals surface area contributed by atoms with E-state index >= 15 is 0 Å². The summed E-state index contributed by atoms with van der Waals surface area (Å²) in [5.41, 5.74) is 1.62. The Morgan fingerprint density at radius 2 is 2.00 bits per heavy atom. The van der Waals surface area contributed by atoms with Gasteiger partial charge in [0.1, 0.15) is 5.76 Å². The molecule has 2 rings (SSSR count). The van der Waals surface area contributed by atoms with E-state index in [0.29, 0.717) is 11.4 Å². The maximum absolute atomic E-state index is 11.9. The Bertz CT molecular complexity index is 716. The Balaban J connectivity index is 1.87. The van der Waals surface area contributed by atoms with Crippen LogP contribution in [0.4, 0.5) is 5.69 Å². The summed E-state index contributed by atoms with van der Waals surface area (Å²) in [5.74, 6) is -0.535. The lowest BCUT2D eigenvalue weighted by Gasteiger charge is -2.10. The number of anilines is 1. The highest BCUT2D eigenvalue weighted by atomic mass is 79.9. The Hall–Kier alpha value is -1.86. The molecule has 0 aliphatic carbocycles. The molecule has 0 bridgehead atoms. The van der Waals surface area contributed by atoms with Crippen LogP contribution in [0.25, 0.3) is 6.08 Å². The van der Waals surface area contributed by atoms with Crippen LogP contribution in [0, 0.1) is 6.92 Å². The van der Waals surface area contributed by atoms with Crippen LogP contribution in [0.3, 0.4) is 0 Å². The zero-order valence-corrected chi connectivity index (χ0v) is 15.3. The van der Waals surface area contributed by atoms with Gasteiger partial charge in [0.05, 0.1) is 12.0 Å². The summed E-state index contributed by atoms with van der Waals surface area (Å²) >= 11 is 6.76. The average molecular weight is 443 g/mol. The number of carbonyl (C=O) groups is 2. The second-order valence-corrected chi connectivity index (χ2v) is 6.32. The molecule has 1 N–H and O–H groups in total. The lowest BCUT2D eigenvalue weighted by Crippen LogP contribution is -2.20. The van der Waals surface area contributed by atoms with Gasteiger partial charge in [-0.25, -0.2) is 4.79 Å². The summed E-state index contributed by atoms with van der Waals surface area (Å²) in [6.45, 7) is 1.56. The highest BCUT2D eigenvalue weighted by Crippen LogP contribution is 2.32. The fourth-order valence-electron chi connectivity index (χ4n) is 1.72. The maximum atomic E-state index is 11.9. The number of carbonyl (C=O) groups excluding carboxylic acids is 2. The Morgan fingerprint density at radius 1 is 1.30 bits per heavy atom. The molecule has 2 aromatic rings. The highest BCUT2D eigenvalue weighted by molar-refractivity contribution is 9.11. The summed E-state index contributed by atoms with van der Waals surface area (Å²) in [6, 6.07) is 7.15. The molecule has 1 heterocycles. The molecular formula is C16H13Br2NO4. The van der Waals surface area contributed by atoms with E-state index in [1.807, 2.05) is 19.1 Å². The summed E-state index contributed by atoms with van der Waals surface area (Å²) in [4.78, 5) is 23.4. The minimum atomic E-state index is -0.626. The van der Waals surface area contributed by atoms with Crippen molar-refractivity contribution in [3.05, 3.63) is 56.9 Å². The number of esters is 1. The molecule has 0 aliphatic heterocycles. The predicted octanol–water partition coefficient (Wildman–Crippen LogP) is 4.31. The lowest BCUT2D eigenvalue weighted by atomic mass is 10.2. The number of rotatable bonds is 5. The Labute approximate surface area is 150 Å². The first-order chi connectivity index (χ1) is 11.0. The minimum absolute atomic E-state index is 0.381. The van der Waals surface area contributed by atoms with E-state index in [1.54, 1.807) is 12.1 Å². The van der Waals surface area contributed by atoms with Crippen molar-refractivity contribution in [1.82, 2.24) is 0 Å². The molecule has 23 heavy (non-hydrogen) atoms. The van der Waals surface area contributed by atoms with Crippen molar-refractivity contribution in [2.75, 3.05) is 11.9 Å². The minimum Gasteiger partial charge on any atom is -0.465 e. The number of amides is 1. The number of nitrogens with one attached hydrogen (secondary N) is 1. The van der Waals surface area contributed by atoms with Gasteiger partial charge in [0.25, 0.3) is 5.91 Å². The largest absolute Gasteiger partial charge is 0.465 e.